The zero-order valence-electron chi connectivity index (χ0n) is 16.2. The van der Waals surface area contributed by atoms with Crippen molar-refractivity contribution in [1.29, 1.82) is 0 Å². The molecule has 0 aliphatic heterocycles. The van der Waals surface area contributed by atoms with Gasteiger partial charge in [0.05, 0.1) is 23.4 Å². The molecule has 0 spiro atoms. The van der Waals surface area contributed by atoms with Crippen LogP contribution in [-0.2, 0) is 11.3 Å². The number of aromatic amines is 1. The summed E-state index contributed by atoms with van der Waals surface area (Å²) in [5, 5.41) is 10.4. The number of aromatic nitrogens is 3. The van der Waals surface area contributed by atoms with Gasteiger partial charge in [-0.15, -0.1) is 0 Å². The SMILES string of the molecule is Cc1cccc2[nH]cc(C(C)n3c(=O)n(CCC(=O)O)c(=O)c4ccccc43)c12. The lowest BCUT2D eigenvalue weighted by Gasteiger charge is -2.20. The van der Waals surface area contributed by atoms with Crippen molar-refractivity contribution in [2.75, 3.05) is 0 Å². The summed E-state index contributed by atoms with van der Waals surface area (Å²) < 4.78 is 2.60. The Balaban J connectivity index is 2.00. The Hall–Kier alpha value is -3.61. The lowest BCUT2D eigenvalue weighted by Crippen LogP contribution is -2.41. The van der Waals surface area contributed by atoms with Gasteiger partial charge in [0.25, 0.3) is 5.56 Å². The summed E-state index contributed by atoms with van der Waals surface area (Å²) in [4.78, 5) is 40.4. The largest absolute Gasteiger partial charge is 0.481 e. The maximum atomic E-state index is 13.3. The van der Waals surface area contributed by atoms with Crippen LogP contribution in [0, 0.1) is 6.92 Å². The van der Waals surface area contributed by atoms with E-state index in [0.29, 0.717) is 10.9 Å². The highest BCUT2D eigenvalue weighted by molar-refractivity contribution is 5.87. The smallest absolute Gasteiger partial charge is 0.332 e. The number of H-pyrrole nitrogens is 1. The normalized spacial score (nSPS) is 12.5. The van der Waals surface area contributed by atoms with Gasteiger partial charge < -0.3 is 10.1 Å². The second-order valence-electron chi connectivity index (χ2n) is 7.19. The van der Waals surface area contributed by atoms with E-state index in [2.05, 4.69) is 4.98 Å². The number of benzene rings is 2. The maximum Gasteiger partial charge on any atom is 0.332 e. The molecule has 29 heavy (non-hydrogen) atoms. The predicted molar refractivity (Wildman–Crippen MR) is 112 cm³/mol. The molecule has 0 amide bonds. The number of carboxylic acids is 1. The lowest BCUT2D eigenvalue weighted by atomic mass is 10.0. The molecule has 4 rings (SSSR count). The summed E-state index contributed by atoms with van der Waals surface area (Å²) >= 11 is 0. The van der Waals surface area contributed by atoms with E-state index < -0.39 is 17.2 Å². The Bertz CT molecular complexity index is 1360. The van der Waals surface area contributed by atoms with Gasteiger partial charge in [-0.1, -0.05) is 24.3 Å². The van der Waals surface area contributed by atoms with Crippen LogP contribution in [0.4, 0.5) is 0 Å². The van der Waals surface area contributed by atoms with Crippen LogP contribution in [0.25, 0.3) is 21.8 Å². The Morgan fingerprint density at radius 1 is 1.14 bits per heavy atom. The predicted octanol–water partition coefficient (Wildman–Crippen LogP) is 3.04. The average Bonchev–Trinajstić information content (AvgIpc) is 3.13. The van der Waals surface area contributed by atoms with E-state index in [-0.39, 0.29) is 19.0 Å². The van der Waals surface area contributed by atoms with Crippen molar-refractivity contribution in [3.8, 4) is 0 Å². The van der Waals surface area contributed by atoms with Crippen molar-refractivity contribution in [1.82, 2.24) is 14.1 Å². The van der Waals surface area contributed by atoms with Gasteiger partial charge in [-0.25, -0.2) is 4.79 Å². The standard InChI is InChI=1S/C22H21N3O4/c1-13-6-5-8-17-20(13)16(12-23-17)14(2)25-18-9-4-3-7-15(18)21(28)24(22(25)29)11-10-19(26)27/h3-9,12,14,23H,10-11H2,1-2H3,(H,26,27). The minimum atomic E-state index is -1.06. The molecule has 0 fully saturated rings. The van der Waals surface area contributed by atoms with Crippen molar-refractivity contribution in [3.63, 3.8) is 0 Å². The number of para-hydroxylation sites is 1. The number of fused-ring (bicyclic) bond motifs is 2. The molecule has 7 heteroatoms. The van der Waals surface area contributed by atoms with Gasteiger partial charge in [0.2, 0.25) is 0 Å². The first-order valence-electron chi connectivity index (χ1n) is 9.42. The molecule has 0 bridgehead atoms. The van der Waals surface area contributed by atoms with E-state index in [1.54, 1.807) is 28.8 Å². The summed E-state index contributed by atoms with van der Waals surface area (Å²) in [5.74, 6) is -1.06. The van der Waals surface area contributed by atoms with Gasteiger partial charge in [-0.05, 0) is 37.6 Å². The molecule has 0 aliphatic carbocycles. The molecule has 7 nitrogen and oxygen atoms in total. The highest BCUT2D eigenvalue weighted by Crippen LogP contribution is 2.29. The van der Waals surface area contributed by atoms with Crippen molar-refractivity contribution in [2.24, 2.45) is 0 Å². The fraction of sp³-hybridized carbons (Fsp3) is 0.227. The monoisotopic (exact) mass is 391 g/mol. The first-order chi connectivity index (χ1) is 13.9. The summed E-state index contributed by atoms with van der Waals surface area (Å²) in [7, 11) is 0. The summed E-state index contributed by atoms with van der Waals surface area (Å²) in [6.07, 6.45) is 1.59. The molecule has 2 aromatic heterocycles. The summed E-state index contributed by atoms with van der Waals surface area (Å²) in [6.45, 7) is 3.76. The number of hydrogen-bond acceptors (Lipinski definition) is 3. The molecule has 0 saturated carbocycles. The number of aliphatic carboxylic acids is 1. The highest BCUT2D eigenvalue weighted by Gasteiger charge is 2.21. The molecule has 0 radical (unpaired) electrons. The van der Waals surface area contributed by atoms with E-state index in [9.17, 15) is 14.4 Å². The first kappa shape index (κ1) is 18.7. The quantitative estimate of drug-likeness (QED) is 0.546. The van der Waals surface area contributed by atoms with Crippen LogP contribution in [0.1, 0.15) is 30.5 Å². The number of nitrogens with one attached hydrogen (secondary N) is 1. The average molecular weight is 391 g/mol. The van der Waals surface area contributed by atoms with Gasteiger partial charge in [-0.2, -0.15) is 0 Å². The van der Waals surface area contributed by atoms with Gasteiger partial charge in [0.1, 0.15) is 0 Å². The Morgan fingerprint density at radius 2 is 1.90 bits per heavy atom. The van der Waals surface area contributed by atoms with Gasteiger partial charge in [0, 0.05) is 29.2 Å². The fourth-order valence-corrected chi connectivity index (χ4v) is 3.98. The van der Waals surface area contributed by atoms with E-state index in [0.717, 1.165) is 26.6 Å². The maximum absolute atomic E-state index is 13.3. The van der Waals surface area contributed by atoms with Crippen LogP contribution in [-0.4, -0.2) is 25.2 Å². The fourth-order valence-electron chi connectivity index (χ4n) is 3.98. The van der Waals surface area contributed by atoms with Crippen molar-refractivity contribution < 1.29 is 9.90 Å². The lowest BCUT2D eigenvalue weighted by molar-refractivity contribution is -0.137. The van der Waals surface area contributed by atoms with Crippen molar-refractivity contribution in [2.45, 2.75) is 32.9 Å². The highest BCUT2D eigenvalue weighted by atomic mass is 16.4. The van der Waals surface area contributed by atoms with Crippen LogP contribution >= 0.6 is 0 Å². The van der Waals surface area contributed by atoms with Crippen LogP contribution in [0.2, 0.25) is 0 Å². The summed E-state index contributed by atoms with van der Waals surface area (Å²) in [6, 6.07) is 12.5. The minimum absolute atomic E-state index is 0.169. The van der Waals surface area contributed by atoms with Crippen molar-refractivity contribution >= 4 is 27.8 Å². The van der Waals surface area contributed by atoms with E-state index in [1.807, 2.05) is 38.2 Å². The second kappa shape index (κ2) is 7.09. The van der Waals surface area contributed by atoms with E-state index >= 15 is 0 Å². The Labute approximate surface area is 165 Å². The minimum Gasteiger partial charge on any atom is -0.481 e. The van der Waals surface area contributed by atoms with Crippen LogP contribution in [0.15, 0.2) is 58.3 Å². The number of rotatable bonds is 5. The van der Waals surface area contributed by atoms with E-state index in [4.69, 9.17) is 5.11 Å². The number of carbonyl (C=O) groups is 1. The molecule has 2 heterocycles. The molecular weight excluding hydrogens is 370 g/mol. The number of aryl methyl sites for hydroxylation is 1. The topological polar surface area (TPSA) is 97.1 Å². The zero-order chi connectivity index (χ0) is 20.7. The van der Waals surface area contributed by atoms with Crippen LogP contribution < -0.4 is 11.2 Å². The van der Waals surface area contributed by atoms with Crippen LogP contribution in [0.3, 0.4) is 0 Å². The number of nitrogens with zero attached hydrogens (tertiary/aromatic N) is 2. The van der Waals surface area contributed by atoms with E-state index in [1.165, 1.54) is 0 Å². The third kappa shape index (κ3) is 3.04. The van der Waals surface area contributed by atoms with Gasteiger partial charge >= 0.3 is 11.7 Å². The molecular formula is C22H21N3O4. The zero-order valence-corrected chi connectivity index (χ0v) is 16.2. The molecule has 0 aliphatic rings. The molecule has 148 valence electrons. The molecule has 4 aromatic rings. The van der Waals surface area contributed by atoms with Crippen molar-refractivity contribution in [3.05, 3.63) is 80.6 Å². The Kier molecular flexibility index (Phi) is 4.58. The molecule has 0 saturated heterocycles. The summed E-state index contributed by atoms with van der Waals surface area (Å²) in [5.41, 5.74) is 2.56. The molecule has 2 N–H and O–H groups in total. The first-order valence-corrected chi connectivity index (χ1v) is 9.42. The number of hydrogen-bond donors (Lipinski definition) is 2. The molecule has 2 aromatic carbocycles. The Morgan fingerprint density at radius 3 is 2.66 bits per heavy atom. The molecule has 1 unspecified atom stereocenters. The number of carboxylic acid groups (broad SMARTS) is 1. The molecule has 1 atom stereocenters. The van der Waals surface area contributed by atoms with Crippen LogP contribution in [0.5, 0.6) is 0 Å². The van der Waals surface area contributed by atoms with Gasteiger partial charge in [0.15, 0.2) is 0 Å². The second-order valence-corrected chi connectivity index (χ2v) is 7.19. The van der Waals surface area contributed by atoms with Gasteiger partial charge in [-0.3, -0.25) is 18.7 Å². The third-order valence-electron chi connectivity index (χ3n) is 5.41. The third-order valence-corrected chi connectivity index (χ3v) is 5.41.